The molecular formula is C17H20N4OS. The fourth-order valence-electron chi connectivity index (χ4n) is 3.75. The van der Waals surface area contributed by atoms with Crippen LogP contribution in [-0.2, 0) is 0 Å². The molecular weight excluding hydrogens is 308 g/mol. The van der Waals surface area contributed by atoms with Crippen molar-refractivity contribution in [2.75, 3.05) is 25.0 Å². The molecule has 3 fully saturated rings. The minimum atomic E-state index is -0.0317. The van der Waals surface area contributed by atoms with Gasteiger partial charge in [0, 0.05) is 41.5 Å². The van der Waals surface area contributed by atoms with Crippen molar-refractivity contribution < 1.29 is 4.79 Å². The van der Waals surface area contributed by atoms with Crippen LogP contribution in [0, 0.1) is 5.92 Å². The molecule has 1 saturated carbocycles. The number of carbonyl (C=O) groups is 1. The maximum absolute atomic E-state index is 12.5. The minimum absolute atomic E-state index is 0.0317. The van der Waals surface area contributed by atoms with Gasteiger partial charge >= 0.3 is 0 Å². The summed E-state index contributed by atoms with van der Waals surface area (Å²) in [6.07, 6.45) is 5.56. The molecule has 1 aliphatic carbocycles. The zero-order valence-corrected chi connectivity index (χ0v) is 13.7. The fourth-order valence-corrected chi connectivity index (χ4v) is 4.80. The highest BCUT2D eigenvalue weighted by Crippen LogP contribution is 2.34. The van der Waals surface area contributed by atoms with Crippen molar-refractivity contribution in [1.29, 1.82) is 0 Å². The van der Waals surface area contributed by atoms with Crippen LogP contribution in [0.3, 0.4) is 0 Å². The summed E-state index contributed by atoms with van der Waals surface area (Å²) in [7, 11) is 0. The molecule has 120 valence electrons. The van der Waals surface area contributed by atoms with Gasteiger partial charge in [-0.2, -0.15) is 0 Å². The lowest BCUT2D eigenvalue weighted by Gasteiger charge is -2.22. The number of aromatic nitrogens is 1. The molecule has 2 aliphatic heterocycles. The number of nitrogens with zero attached hydrogens (tertiary/aromatic N) is 2. The molecule has 6 heteroatoms. The molecule has 5 rings (SSSR count). The number of rotatable bonds is 4. The number of nitrogens with one attached hydrogen (secondary N) is 2. The standard InChI is InChI=1S/C17H20N4OS/c22-17(20-14-9-21-4-3-10(14)8-21)13-6-15-11(7-18-13)5-16(23-15)19-12-1-2-12/h5-7,10,12,14,19H,1-4,8-9H2,(H,20,22)/t10-,14?/m0/s1. The number of hydrogen-bond acceptors (Lipinski definition) is 5. The van der Waals surface area contributed by atoms with Crippen LogP contribution in [-0.4, -0.2) is 47.5 Å². The molecule has 4 heterocycles. The molecule has 2 unspecified atom stereocenters. The number of anilines is 1. The summed E-state index contributed by atoms with van der Waals surface area (Å²) in [4.78, 5) is 19.3. The molecule has 2 aromatic rings. The molecule has 2 bridgehead atoms. The predicted molar refractivity (Wildman–Crippen MR) is 92.1 cm³/mol. The third-order valence-electron chi connectivity index (χ3n) is 5.21. The van der Waals surface area contributed by atoms with Crippen LogP contribution >= 0.6 is 11.3 Å². The Morgan fingerprint density at radius 2 is 2.17 bits per heavy atom. The third-order valence-corrected chi connectivity index (χ3v) is 6.24. The van der Waals surface area contributed by atoms with E-state index in [2.05, 4.69) is 26.6 Å². The molecule has 2 saturated heterocycles. The maximum atomic E-state index is 12.5. The Labute approximate surface area is 139 Å². The Kier molecular flexibility index (Phi) is 3.09. The van der Waals surface area contributed by atoms with Gasteiger partial charge in [-0.15, -0.1) is 11.3 Å². The summed E-state index contributed by atoms with van der Waals surface area (Å²) in [5.41, 5.74) is 0.537. The number of carbonyl (C=O) groups excluding carboxylic acids is 1. The molecule has 3 aliphatic rings. The van der Waals surface area contributed by atoms with Crippen LogP contribution in [0.5, 0.6) is 0 Å². The first-order chi connectivity index (χ1) is 11.2. The normalized spacial score (nSPS) is 29.1. The van der Waals surface area contributed by atoms with Gasteiger partial charge in [-0.25, -0.2) is 0 Å². The van der Waals surface area contributed by atoms with Gasteiger partial charge in [-0.1, -0.05) is 0 Å². The largest absolute Gasteiger partial charge is 0.374 e. The molecule has 2 N–H and O–H groups in total. The number of fused-ring (bicyclic) bond motifs is 3. The molecule has 2 aromatic heterocycles. The zero-order chi connectivity index (χ0) is 15.4. The molecule has 1 amide bonds. The SMILES string of the molecule is O=C(NC1CN2CC[C@H]1C2)c1cc2sc(NC3CC3)cc2cn1. The van der Waals surface area contributed by atoms with Crippen LogP contribution in [0.1, 0.15) is 29.8 Å². The lowest BCUT2D eigenvalue weighted by atomic mass is 10.00. The van der Waals surface area contributed by atoms with Gasteiger partial charge in [-0.05, 0) is 43.9 Å². The van der Waals surface area contributed by atoms with Gasteiger partial charge in [0.1, 0.15) is 5.69 Å². The summed E-state index contributed by atoms with van der Waals surface area (Å²) >= 11 is 1.71. The van der Waals surface area contributed by atoms with Crippen molar-refractivity contribution in [3.05, 3.63) is 24.0 Å². The second-order valence-electron chi connectivity index (χ2n) is 7.02. The highest BCUT2D eigenvalue weighted by atomic mass is 32.1. The van der Waals surface area contributed by atoms with Crippen LogP contribution in [0.15, 0.2) is 18.3 Å². The van der Waals surface area contributed by atoms with Crippen molar-refractivity contribution in [3.8, 4) is 0 Å². The summed E-state index contributed by atoms with van der Waals surface area (Å²) in [6.45, 7) is 3.32. The van der Waals surface area contributed by atoms with Crippen molar-refractivity contribution in [1.82, 2.24) is 15.2 Å². The Bertz CT molecular complexity index is 769. The number of thiophene rings is 1. The molecule has 0 radical (unpaired) electrons. The Hall–Kier alpha value is -1.66. The highest BCUT2D eigenvalue weighted by Gasteiger charge is 2.38. The Balaban J connectivity index is 1.33. The Morgan fingerprint density at radius 1 is 1.26 bits per heavy atom. The average molecular weight is 328 g/mol. The average Bonchev–Trinajstić information content (AvgIpc) is 2.97. The van der Waals surface area contributed by atoms with E-state index < -0.39 is 0 Å². The van der Waals surface area contributed by atoms with Gasteiger partial charge in [0.25, 0.3) is 5.91 Å². The molecule has 0 spiro atoms. The van der Waals surface area contributed by atoms with E-state index in [0.717, 1.165) is 23.2 Å². The molecule has 0 aromatic carbocycles. The van der Waals surface area contributed by atoms with Crippen LogP contribution in [0.2, 0.25) is 0 Å². The van der Waals surface area contributed by atoms with Crippen molar-refractivity contribution >= 4 is 32.3 Å². The number of hydrogen-bond donors (Lipinski definition) is 2. The van der Waals surface area contributed by atoms with E-state index in [0.29, 0.717) is 23.7 Å². The quantitative estimate of drug-likeness (QED) is 0.904. The summed E-state index contributed by atoms with van der Waals surface area (Å²) in [6, 6.07) is 5.01. The van der Waals surface area contributed by atoms with E-state index in [9.17, 15) is 4.79 Å². The van der Waals surface area contributed by atoms with Crippen LogP contribution in [0.4, 0.5) is 5.00 Å². The first kappa shape index (κ1) is 13.7. The van der Waals surface area contributed by atoms with E-state index in [-0.39, 0.29) is 5.91 Å². The number of piperidine rings is 1. The topological polar surface area (TPSA) is 57.3 Å². The predicted octanol–water partition coefficient (Wildman–Crippen LogP) is 2.30. The van der Waals surface area contributed by atoms with Crippen LogP contribution in [0.25, 0.3) is 10.1 Å². The van der Waals surface area contributed by atoms with Crippen molar-refractivity contribution in [3.63, 3.8) is 0 Å². The number of amides is 1. The summed E-state index contributed by atoms with van der Waals surface area (Å²) in [5, 5.41) is 9.00. The molecule has 5 nitrogen and oxygen atoms in total. The van der Waals surface area contributed by atoms with Gasteiger partial charge in [0.05, 0.1) is 5.00 Å². The first-order valence-corrected chi connectivity index (χ1v) is 9.25. The van der Waals surface area contributed by atoms with Gasteiger partial charge < -0.3 is 15.5 Å². The van der Waals surface area contributed by atoms with E-state index in [4.69, 9.17) is 0 Å². The van der Waals surface area contributed by atoms with E-state index in [1.165, 1.54) is 30.8 Å². The van der Waals surface area contributed by atoms with Gasteiger partial charge in [0.2, 0.25) is 0 Å². The second-order valence-corrected chi connectivity index (χ2v) is 8.11. The van der Waals surface area contributed by atoms with Crippen LogP contribution < -0.4 is 10.6 Å². The van der Waals surface area contributed by atoms with E-state index in [1.54, 1.807) is 11.3 Å². The van der Waals surface area contributed by atoms with E-state index >= 15 is 0 Å². The lowest BCUT2D eigenvalue weighted by molar-refractivity contribution is 0.0919. The lowest BCUT2D eigenvalue weighted by Crippen LogP contribution is -2.43. The number of pyridine rings is 1. The third kappa shape index (κ3) is 2.60. The maximum Gasteiger partial charge on any atom is 0.270 e. The molecule has 3 atom stereocenters. The summed E-state index contributed by atoms with van der Waals surface area (Å²) in [5.74, 6) is 0.592. The van der Waals surface area contributed by atoms with Gasteiger partial charge in [0.15, 0.2) is 0 Å². The molecule has 23 heavy (non-hydrogen) atoms. The highest BCUT2D eigenvalue weighted by molar-refractivity contribution is 7.22. The van der Waals surface area contributed by atoms with Crippen molar-refractivity contribution in [2.45, 2.75) is 31.3 Å². The van der Waals surface area contributed by atoms with Gasteiger partial charge in [-0.3, -0.25) is 9.78 Å². The summed E-state index contributed by atoms with van der Waals surface area (Å²) < 4.78 is 1.13. The van der Waals surface area contributed by atoms with Crippen molar-refractivity contribution in [2.24, 2.45) is 5.92 Å². The monoisotopic (exact) mass is 328 g/mol. The Morgan fingerprint density at radius 3 is 2.91 bits per heavy atom. The smallest absolute Gasteiger partial charge is 0.270 e. The first-order valence-electron chi connectivity index (χ1n) is 8.44. The fraction of sp³-hybridized carbons (Fsp3) is 0.529. The second kappa shape index (κ2) is 5.18. The van der Waals surface area contributed by atoms with E-state index in [1.807, 2.05) is 12.3 Å². The zero-order valence-electron chi connectivity index (χ0n) is 12.9. The minimum Gasteiger partial charge on any atom is -0.374 e.